The molecular weight excluding hydrogens is 534 g/mol. The monoisotopic (exact) mass is 563 g/mol. The molecule has 0 heterocycles. The Balaban J connectivity index is 1.39. The molecule has 0 fully saturated rings. The number of para-hydroxylation sites is 3. The van der Waals surface area contributed by atoms with Crippen molar-refractivity contribution in [2.45, 2.75) is 5.41 Å². The maximum atomic E-state index is 13.7. The van der Waals surface area contributed by atoms with Crippen LogP contribution in [0.3, 0.4) is 0 Å². The van der Waals surface area contributed by atoms with Gasteiger partial charge in [-0.25, -0.2) is 0 Å². The molecule has 0 aliphatic rings. The van der Waals surface area contributed by atoms with Gasteiger partial charge in [-0.15, -0.1) is 0 Å². The number of rotatable bonds is 10. The van der Waals surface area contributed by atoms with E-state index < -0.39 is 11.3 Å². The predicted octanol–water partition coefficient (Wildman–Crippen LogP) is 8.88. The SMILES string of the molecule is NC(=O)C(c1ccc(Oc2ccccc2)cc1)(c1ccc(Oc2ccccc2)cc1)c1ccc(Oc2ccccc2)cc1. The van der Waals surface area contributed by atoms with Crippen LogP contribution in [0.5, 0.6) is 34.5 Å². The van der Waals surface area contributed by atoms with Crippen molar-refractivity contribution < 1.29 is 19.0 Å². The van der Waals surface area contributed by atoms with Gasteiger partial charge in [-0.2, -0.15) is 0 Å². The van der Waals surface area contributed by atoms with Crippen LogP contribution >= 0.6 is 0 Å². The first kappa shape index (κ1) is 27.4. The average molecular weight is 564 g/mol. The van der Waals surface area contributed by atoms with Crippen LogP contribution in [-0.4, -0.2) is 5.91 Å². The van der Waals surface area contributed by atoms with E-state index in [1.807, 2.05) is 164 Å². The standard InChI is InChI=1S/C38H29NO4/c39-37(40)38(28-16-22-34(23-17-28)41-31-10-4-1-5-11-31,29-18-24-35(25-19-29)42-32-12-6-2-7-13-32)30-20-26-36(27-21-30)43-33-14-8-3-9-15-33/h1-27H,(H2,39,40). The number of carbonyl (C=O) groups is 1. The molecule has 0 aliphatic carbocycles. The van der Waals surface area contributed by atoms with Crippen LogP contribution in [0.1, 0.15) is 16.7 Å². The summed E-state index contributed by atoms with van der Waals surface area (Å²) in [6.07, 6.45) is 0. The highest BCUT2D eigenvalue weighted by atomic mass is 16.5. The fourth-order valence-electron chi connectivity index (χ4n) is 5.12. The molecular formula is C38H29NO4. The molecule has 0 atom stereocenters. The van der Waals surface area contributed by atoms with Gasteiger partial charge in [0.05, 0.1) is 0 Å². The summed E-state index contributed by atoms with van der Waals surface area (Å²) in [5.74, 6) is 3.58. The van der Waals surface area contributed by atoms with Gasteiger partial charge < -0.3 is 19.9 Å². The minimum Gasteiger partial charge on any atom is -0.457 e. The van der Waals surface area contributed by atoms with E-state index >= 15 is 0 Å². The van der Waals surface area contributed by atoms with Gasteiger partial charge in [0.25, 0.3) is 0 Å². The molecule has 210 valence electrons. The van der Waals surface area contributed by atoms with Gasteiger partial charge >= 0.3 is 0 Å². The van der Waals surface area contributed by atoms with Crippen molar-refractivity contribution in [3.8, 4) is 34.5 Å². The smallest absolute Gasteiger partial charge is 0.237 e. The molecule has 2 N–H and O–H groups in total. The van der Waals surface area contributed by atoms with Crippen LogP contribution in [0.25, 0.3) is 0 Å². The zero-order valence-electron chi connectivity index (χ0n) is 23.3. The van der Waals surface area contributed by atoms with Crippen LogP contribution in [-0.2, 0) is 10.2 Å². The number of primary amides is 1. The molecule has 6 aromatic rings. The van der Waals surface area contributed by atoms with Crippen LogP contribution < -0.4 is 19.9 Å². The molecule has 0 unspecified atom stereocenters. The lowest BCUT2D eigenvalue weighted by Gasteiger charge is -2.33. The summed E-state index contributed by atoms with van der Waals surface area (Å²) in [6, 6.07) is 51.0. The summed E-state index contributed by atoms with van der Waals surface area (Å²) in [4.78, 5) is 13.7. The van der Waals surface area contributed by atoms with Crippen LogP contribution in [0.4, 0.5) is 0 Å². The summed E-state index contributed by atoms with van der Waals surface area (Å²) >= 11 is 0. The predicted molar refractivity (Wildman–Crippen MR) is 168 cm³/mol. The molecule has 0 aromatic heterocycles. The van der Waals surface area contributed by atoms with Crippen molar-refractivity contribution in [2.75, 3.05) is 0 Å². The lowest BCUT2D eigenvalue weighted by Crippen LogP contribution is -2.43. The third-order valence-electron chi connectivity index (χ3n) is 7.17. The number of hydrogen-bond acceptors (Lipinski definition) is 4. The Morgan fingerprint density at radius 2 is 0.605 bits per heavy atom. The molecule has 1 amide bonds. The average Bonchev–Trinajstić information content (AvgIpc) is 3.05. The van der Waals surface area contributed by atoms with E-state index in [9.17, 15) is 4.79 Å². The van der Waals surface area contributed by atoms with Gasteiger partial charge in [0, 0.05) is 0 Å². The molecule has 0 spiro atoms. The van der Waals surface area contributed by atoms with Gasteiger partial charge in [0.2, 0.25) is 5.91 Å². The number of amides is 1. The van der Waals surface area contributed by atoms with Crippen molar-refractivity contribution >= 4 is 5.91 Å². The first-order valence-corrected chi connectivity index (χ1v) is 13.9. The maximum Gasteiger partial charge on any atom is 0.237 e. The lowest BCUT2D eigenvalue weighted by molar-refractivity contribution is -0.120. The molecule has 6 rings (SSSR count). The van der Waals surface area contributed by atoms with Crippen LogP contribution in [0, 0.1) is 0 Å². The van der Waals surface area contributed by atoms with Gasteiger partial charge in [-0.1, -0.05) is 91.0 Å². The summed E-state index contributed by atoms with van der Waals surface area (Å²) in [7, 11) is 0. The van der Waals surface area contributed by atoms with E-state index in [4.69, 9.17) is 19.9 Å². The Morgan fingerprint density at radius 3 is 0.837 bits per heavy atom. The Labute approximate surface area is 250 Å². The van der Waals surface area contributed by atoms with Crippen LogP contribution in [0.15, 0.2) is 164 Å². The van der Waals surface area contributed by atoms with Crippen molar-refractivity contribution in [3.63, 3.8) is 0 Å². The number of nitrogens with two attached hydrogens (primary N) is 1. The zero-order valence-corrected chi connectivity index (χ0v) is 23.3. The molecule has 0 aliphatic heterocycles. The van der Waals surface area contributed by atoms with Crippen LogP contribution in [0.2, 0.25) is 0 Å². The van der Waals surface area contributed by atoms with Crippen molar-refractivity contribution in [3.05, 3.63) is 180 Å². The Morgan fingerprint density at radius 1 is 0.372 bits per heavy atom. The van der Waals surface area contributed by atoms with E-state index in [1.54, 1.807) is 0 Å². The number of carbonyl (C=O) groups excluding carboxylic acids is 1. The van der Waals surface area contributed by atoms with E-state index in [-0.39, 0.29) is 0 Å². The van der Waals surface area contributed by atoms with Gasteiger partial charge in [0.15, 0.2) is 0 Å². The fourth-order valence-corrected chi connectivity index (χ4v) is 5.12. The normalized spacial score (nSPS) is 11.0. The quantitative estimate of drug-likeness (QED) is 0.169. The topological polar surface area (TPSA) is 70.8 Å². The van der Waals surface area contributed by atoms with Gasteiger partial charge in [-0.3, -0.25) is 4.79 Å². The maximum absolute atomic E-state index is 13.7. The molecule has 43 heavy (non-hydrogen) atoms. The second-order valence-corrected chi connectivity index (χ2v) is 9.93. The molecule has 6 aromatic carbocycles. The largest absolute Gasteiger partial charge is 0.457 e. The zero-order chi connectivity index (χ0) is 29.5. The molecule has 0 radical (unpaired) electrons. The third kappa shape index (κ3) is 5.97. The second kappa shape index (κ2) is 12.4. The van der Waals surface area contributed by atoms with E-state index in [2.05, 4.69) is 0 Å². The Kier molecular flexibility index (Phi) is 7.87. The number of ether oxygens (including phenoxy) is 3. The Hall–Kier alpha value is -5.81. The highest BCUT2D eigenvalue weighted by Gasteiger charge is 2.42. The van der Waals surface area contributed by atoms with Crippen molar-refractivity contribution in [1.29, 1.82) is 0 Å². The number of benzene rings is 6. The summed E-state index contributed by atoms with van der Waals surface area (Å²) < 4.78 is 18.0. The van der Waals surface area contributed by atoms with Crippen molar-refractivity contribution in [2.24, 2.45) is 5.73 Å². The molecule has 0 saturated carbocycles. The highest BCUT2D eigenvalue weighted by Crippen LogP contribution is 2.41. The van der Waals surface area contributed by atoms with E-state index in [1.165, 1.54) is 0 Å². The summed E-state index contributed by atoms with van der Waals surface area (Å²) in [6.45, 7) is 0. The summed E-state index contributed by atoms with van der Waals surface area (Å²) in [5, 5.41) is 0. The van der Waals surface area contributed by atoms with Gasteiger partial charge in [-0.05, 0) is 89.5 Å². The lowest BCUT2D eigenvalue weighted by atomic mass is 9.69. The minimum absolute atomic E-state index is 0.516. The van der Waals surface area contributed by atoms with E-state index in [0.717, 1.165) is 17.2 Å². The minimum atomic E-state index is -1.30. The van der Waals surface area contributed by atoms with Crippen molar-refractivity contribution in [1.82, 2.24) is 0 Å². The van der Waals surface area contributed by atoms with Gasteiger partial charge in [0.1, 0.15) is 39.9 Å². The number of hydrogen-bond donors (Lipinski definition) is 1. The van der Waals surface area contributed by atoms with E-state index in [0.29, 0.717) is 33.9 Å². The highest BCUT2D eigenvalue weighted by molar-refractivity contribution is 5.95. The third-order valence-corrected chi connectivity index (χ3v) is 7.17. The molecule has 5 nitrogen and oxygen atoms in total. The molecule has 5 heteroatoms. The molecule has 0 bridgehead atoms. The molecule has 0 saturated heterocycles. The first-order chi connectivity index (χ1) is 21.1. The second-order valence-electron chi connectivity index (χ2n) is 9.93. The Bertz CT molecular complexity index is 1570. The summed E-state index contributed by atoms with van der Waals surface area (Å²) in [5.41, 5.74) is 7.12. The first-order valence-electron chi connectivity index (χ1n) is 13.9. The fraction of sp³-hybridized carbons (Fsp3) is 0.0263.